The number of ether oxygens (including phenoxy) is 1. The fourth-order valence-electron chi connectivity index (χ4n) is 1.53. The van der Waals surface area contributed by atoms with Crippen LogP contribution in [0.25, 0.3) is 0 Å². The Hall–Kier alpha value is -0.184. The van der Waals surface area contributed by atoms with Crippen molar-refractivity contribution in [3.8, 4) is 11.5 Å². The summed E-state index contributed by atoms with van der Waals surface area (Å²) >= 11 is 0. The molecule has 0 bridgehead atoms. The molecule has 2 aromatic rings. The summed E-state index contributed by atoms with van der Waals surface area (Å²) in [6.07, 6.45) is 0. The smallest absolute Gasteiger partial charge is 1.00 e. The number of aromatic carboxylic acids is 1. The van der Waals surface area contributed by atoms with Crippen LogP contribution in [0, 0.1) is 0 Å². The average Bonchev–Trinajstić information content (AvgIpc) is 2.39. The Morgan fingerprint density at radius 2 is 1.48 bits per heavy atom. The predicted molar refractivity (Wildman–Crippen MR) is 68.7 cm³/mol. The van der Waals surface area contributed by atoms with Crippen LogP contribution in [0.1, 0.15) is 23.6 Å². The molecule has 7 heteroatoms. The van der Waals surface area contributed by atoms with E-state index in [2.05, 4.69) is 0 Å². The largest absolute Gasteiger partial charge is 1.00 e. The monoisotopic (exact) mass is 322 g/mol. The molecule has 2 aromatic carbocycles. The van der Waals surface area contributed by atoms with Crippen LogP contribution in [0.4, 0.5) is 0 Å². The van der Waals surface area contributed by atoms with Gasteiger partial charge in [0.05, 0.1) is 0 Å². The van der Waals surface area contributed by atoms with Crippen LogP contribution in [0.15, 0.2) is 48.5 Å². The van der Waals surface area contributed by atoms with Gasteiger partial charge < -0.3 is 17.8 Å². The molecule has 0 aliphatic carbocycles. The molecule has 0 saturated carbocycles. The molecule has 0 aliphatic rings. The Morgan fingerprint density at radius 3 is 2.05 bits per heavy atom. The SMILES string of the molecule is O=C(Oc1ccccc1C(=O)O)c1ccccc1O.[H-].[H-].[K+].[Na+]. The van der Waals surface area contributed by atoms with E-state index in [1.54, 1.807) is 18.2 Å². The first-order chi connectivity index (χ1) is 9.09. The number of esters is 1. The number of carbonyl (C=O) groups is 2. The second-order valence-electron chi connectivity index (χ2n) is 3.71. The van der Waals surface area contributed by atoms with Crippen LogP contribution >= 0.6 is 0 Å². The maximum absolute atomic E-state index is 11.8. The van der Waals surface area contributed by atoms with Gasteiger partial charge in [-0.05, 0) is 24.3 Å². The van der Waals surface area contributed by atoms with Gasteiger partial charge >= 0.3 is 92.9 Å². The minimum absolute atomic E-state index is 0. The maximum Gasteiger partial charge on any atom is 1.00 e. The molecular weight excluding hydrogens is 310 g/mol. The normalized spacial score (nSPS) is 8.95. The third-order valence-electron chi connectivity index (χ3n) is 2.44. The number of phenolic OH excluding ortho intramolecular Hbond substituents is 1. The third-order valence-corrected chi connectivity index (χ3v) is 2.44. The standard InChI is InChI=1S/C14H10O5.K.Na.2H/c15-11-7-3-1-5-9(11)14(18)19-12-8-4-2-6-10(12)13(16)17;;;;/h1-8,15H,(H,16,17);;;;/q;2*+1;2*-1. The van der Waals surface area contributed by atoms with Crippen molar-refractivity contribution in [3.05, 3.63) is 59.7 Å². The van der Waals surface area contributed by atoms with E-state index in [0.29, 0.717) is 0 Å². The zero-order valence-corrected chi connectivity index (χ0v) is 16.9. The molecular formula is C14H12KNaO5. The van der Waals surface area contributed by atoms with Gasteiger partial charge in [-0.1, -0.05) is 24.3 Å². The van der Waals surface area contributed by atoms with Gasteiger partial charge in [0.25, 0.3) is 0 Å². The van der Waals surface area contributed by atoms with Crippen LogP contribution in [-0.2, 0) is 0 Å². The molecule has 0 fully saturated rings. The second-order valence-corrected chi connectivity index (χ2v) is 3.71. The number of benzene rings is 2. The van der Waals surface area contributed by atoms with E-state index in [-0.39, 0.29) is 106 Å². The quantitative estimate of drug-likeness (QED) is 0.349. The second kappa shape index (κ2) is 9.76. The molecule has 0 amide bonds. The van der Waals surface area contributed by atoms with E-state index < -0.39 is 11.9 Å². The molecule has 0 atom stereocenters. The summed E-state index contributed by atoms with van der Waals surface area (Å²) in [4.78, 5) is 22.8. The van der Waals surface area contributed by atoms with Gasteiger partial charge in [-0.2, -0.15) is 0 Å². The van der Waals surface area contributed by atoms with Crippen molar-refractivity contribution in [1.82, 2.24) is 0 Å². The minimum atomic E-state index is -1.19. The van der Waals surface area contributed by atoms with E-state index >= 15 is 0 Å². The summed E-state index contributed by atoms with van der Waals surface area (Å²) in [5.74, 6) is -2.30. The van der Waals surface area contributed by atoms with Gasteiger partial charge in [-0.15, -0.1) is 0 Å². The molecule has 0 aromatic heterocycles. The Labute approximate surface area is 189 Å². The minimum Gasteiger partial charge on any atom is -1.00 e. The molecule has 5 nitrogen and oxygen atoms in total. The van der Waals surface area contributed by atoms with Crippen molar-refractivity contribution in [2.24, 2.45) is 0 Å². The zero-order chi connectivity index (χ0) is 13.8. The van der Waals surface area contributed by atoms with Crippen LogP contribution in [-0.4, -0.2) is 22.2 Å². The summed E-state index contributed by atoms with van der Waals surface area (Å²) in [5, 5.41) is 18.5. The summed E-state index contributed by atoms with van der Waals surface area (Å²) in [6.45, 7) is 0. The fourth-order valence-corrected chi connectivity index (χ4v) is 1.53. The molecule has 100 valence electrons. The molecule has 0 heterocycles. The molecule has 21 heavy (non-hydrogen) atoms. The number of carboxylic acids is 1. The molecule has 0 unspecified atom stereocenters. The van der Waals surface area contributed by atoms with E-state index in [1.165, 1.54) is 30.3 Å². The van der Waals surface area contributed by atoms with E-state index in [1.807, 2.05) is 0 Å². The molecule has 0 radical (unpaired) electrons. The Balaban J connectivity index is -0.000001000. The summed E-state index contributed by atoms with van der Waals surface area (Å²) in [7, 11) is 0. The van der Waals surface area contributed by atoms with Gasteiger partial charge in [0.2, 0.25) is 0 Å². The molecule has 0 saturated heterocycles. The van der Waals surface area contributed by atoms with Gasteiger partial charge in [0, 0.05) is 0 Å². The number of hydrogen-bond acceptors (Lipinski definition) is 4. The van der Waals surface area contributed by atoms with Gasteiger partial charge in [0.15, 0.2) is 0 Å². The zero-order valence-electron chi connectivity index (χ0n) is 13.7. The molecule has 0 aliphatic heterocycles. The van der Waals surface area contributed by atoms with Crippen LogP contribution < -0.4 is 85.7 Å². The van der Waals surface area contributed by atoms with Crippen LogP contribution in [0.5, 0.6) is 11.5 Å². The third kappa shape index (κ3) is 5.50. The predicted octanol–water partition coefficient (Wildman–Crippen LogP) is -3.46. The van der Waals surface area contributed by atoms with Gasteiger partial charge in [-0.25, -0.2) is 9.59 Å². The summed E-state index contributed by atoms with van der Waals surface area (Å²) < 4.78 is 4.99. The van der Waals surface area contributed by atoms with Gasteiger partial charge in [-0.3, -0.25) is 0 Å². The fraction of sp³-hybridized carbons (Fsp3) is 0. The first-order valence-corrected chi connectivity index (χ1v) is 5.42. The average molecular weight is 322 g/mol. The van der Waals surface area contributed by atoms with Crippen LogP contribution in [0.3, 0.4) is 0 Å². The summed E-state index contributed by atoms with van der Waals surface area (Å²) in [5.41, 5.74) is -0.144. The summed E-state index contributed by atoms with van der Waals surface area (Å²) in [6, 6.07) is 11.7. The number of rotatable bonds is 3. The van der Waals surface area contributed by atoms with Crippen molar-refractivity contribution < 1.29 is 108 Å². The van der Waals surface area contributed by atoms with Crippen molar-refractivity contribution in [2.75, 3.05) is 0 Å². The molecule has 0 spiro atoms. The number of carbonyl (C=O) groups excluding carboxylic acids is 1. The van der Waals surface area contributed by atoms with Crippen molar-refractivity contribution in [1.29, 1.82) is 0 Å². The van der Waals surface area contributed by atoms with E-state index in [0.717, 1.165) is 0 Å². The Kier molecular flexibility index (Phi) is 9.67. The van der Waals surface area contributed by atoms with Gasteiger partial charge in [0.1, 0.15) is 22.6 Å². The number of hydrogen-bond donors (Lipinski definition) is 2. The Bertz CT molecular complexity index is 655. The first-order valence-electron chi connectivity index (χ1n) is 5.42. The Morgan fingerprint density at radius 1 is 0.952 bits per heavy atom. The number of para-hydroxylation sites is 2. The topological polar surface area (TPSA) is 83.8 Å². The number of carboxylic acid groups (broad SMARTS) is 1. The van der Waals surface area contributed by atoms with E-state index in [4.69, 9.17) is 9.84 Å². The maximum atomic E-state index is 11.8. The molecule has 2 rings (SSSR count). The van der Waals surface area contributed by atoms with Crippen LogP contribution in [0.2, 0.25) is 0 Å². The van der Waals surface area contributed by atoms with Crippen molar-refractivity contribution in [3.63, 3.8) is 0 Å². The molecule has 2 N–H and O–H groups in total. The van der Waals surface area contributed by atoms with Crippen molar-refractivity contribution in [2.45, 2.75) is 0 Å². The van der Waals surface area contributed by atoms with Crippen molar-refractivity contribution >= 4 is 11.9 Å². The number of aromatic hydroxyl groups is 1. The number of phenols is 1. The first kappa shape index (κ1) is 20.8. The van der Waals surface area contributed by atoms with E-state index in [9.17, 15) is 14.7 Å².